The Kier molecular flexibility index (Phi) is 4.34. The lowest BCUT2D eigenvalue weighted by atomic mass is 10.0. The van der Waals surface area contributed by atoms with Crippen LogP contribution >= 0.6 is 0 Å². The van der Waals surface area contributed by atoms with Crippen LogP contribution in [-0.4, -0.2) is 36.3 Å². The molecule has 1 N–H and O–H groups in total. The van der Waals surface area contributed by atoms with Crippen LogP contribution in [0.4, 0.5) is 4.39 Å². The molecule has 0 aliphatic heterocycles. The number of aromatic nitrogens is 5. The molecular formula is C12H14FN5O2. The molecule has 8 heteroatoms. The summed E-state index contributed by atoms with van der Waals surface area (Å²) in [7, 11) is 0. The molecule has 0 bridgehead atoms. The first-order valence-corrected chi connectivity index (χ1v) is 6.19. The van der Waals surface area contributed by atoms with E-state index in [1.54, 1.807) is 0 Å². The smallest absolute Gasteiger partial charge is 0.303 e. The average Bonchev–Trinajstić information content (AvgIpc) is 2.86. The molecule has 0 saturated carbocycles. The fourth-order valence-electron chi connectivity index (χ4n) is 1.91. The van der Waals surface area contributed by atoms with Crippen LogP contribution in [0.3, 0.4) is 0 Å². The first-order chi connectivity index (χ1) is 9.61. The first kappa shape index (κ1) is 14.0. The van der Waals surface area contributed by atoms with E-state index in [-0.39, 0.29) is 23.7 Å². The molecule has 0 spiro atoms. The Hall–Kier alpha value is -2.38. The molecule has 0 fully saturated rings. The van der Waals surface area contributed by atoms with Gasteiger partial charge < -0.3 is 5.11 Å². The number of halogens is 1. The van der Waals surface area contributed by atoms with Gasteiger partial charge in [-0.3, -0.25) is 9.78 Å². The molecule has 2 heterocycles. The normalized spacial score (nSPS) is 12.3. The Bertz CT molecular complexity index is 601. The lowest BCUT2D eigenvalue weighted by molar-refractivity contribution is -0.138. The number of tetrazole rings is 1. The summed E-state index contributed by atoms with van der Waals surface area (Å²) in [4.78, 5) is 14.4. The molecule has 0 radical (unpaired) electrons. The summed E-state index contributed by atoms with van der Waals surface area (Å²) in [5, 5.41) is 20.0. The van der Waals surface area contributed by atoms with Gasteiger partial charge in [0.05, 0.1) is 11.8 Å². The Morgan fingerprint density at radius 2 is 2.35 bits per heavy atom. The van der Waals surface area contributed by atoms with Gasteiger partial charge >= 0.3 is 5.97 Å². The van der Waals surface area contributed by atoms with Crippen LogP contribution in [0.2, 0.25) is 0 Å². The summed E-state index contributed by atoms with van der Waals surface area (Å²) in [6.45, 7) is 2.22. The van der Waals surface area contributed by atoms with Gasteiger partial charge in [-0.25, -0.2) is 9.07 Å². The number of pyridine rings is 1. The zero-order chi connectivity index (χ0) is 14.5. The lowest BCUT2D eigenvalue weighted by Gasteiger charge is -2.13. The molecule has 0 saturated heterocycles. The minimum atomic E-state index is -0.874. The van der Waals surface area contributed by atoms with Crippen LogP contribution in [0.15, 0.2) is 18.5 Å². The maximum atomic E-state index is 13.7. The van der Waals surface area contributed by atoms with Crippen molar-refractivity contribution in [2.24, 2.45) is 5.92 Å². The van der Waals surface area contributed by atoms with E-state index in [0.29, 0.717) is 13.0 Å². The second-order valence-corrected chi connectivity index (χ2v) is 4.41. The number of hydrogen-bond acceptors (Lipinski definition) is 5. The number of rotatable bonds is 6. The van der Waals surface area contributed by atoms with E-state index < -0.39 is 11.8 Å². The zero-order valence-corrected chi connectivity index (χ0v) is 10.9. The number of carboxylic acids is 1. The van der Waals surface area contributed by atoms with Gasteiger partial charge in [-0.1, -0.05) is 13.3 Å². The molecule has 2 aromatic heterocycles. The largest absolute Gasteiger partial charge is 0.481 e. The standard InChI is InChI=1S/C12H14FN5O2/c1-2-8(5-11(19)20)7-18-12(15-16-17-18)9-3-4-14-6-10(9)13/h3-4,6,8H,2,5,7H2,1H3,(H,19,20). The quantitative estimate of drug-likeness (QED) is 0.858. The van der Waals surface area contributed by atoms with Gasteiger partial charge in [-0.05, 0) is 22.4 Å². The molecular weight excluding hydrogens is 265 g/mol. The van der Waals surface area contributed by atoms with Gasteiger partial charge in [-0.2, -0.15) is 0 Å². The molecule has 0 aliphatic carbocycles. The van der Waals surface area contributed by atoms with E-state index in [1.807, 2.05) is 6.92 Å². The fourth-order valence-corrected chi connectivity index (χ4v) is 1.91. The summed E-state index contributed by atoms with van der Waals surface area (Å²) >= 11 is 0. The van der Waals surface area contributed by atoms with Crippen molar-refractivity contribution in [1.82, 2.24) is 25.2 Å². The van der Waals surface area contributed by atoms with Crippen molar-refractivity contribution < 1.29 is 14.3 Å². The minimum absolute atomic E-state index is 0.0224. The van der Waals surface area contributed by atoms with E-state index in [9.17, 15) is 9.18 Å². The van der Waals surface area contributed by atoms with Crippen LogP contribution < -0.4 is 0 Å². The number of hydrogen-bond donors (Lipinski definition) is 1. The predicted molar refractivity (Wildman–Crippen MR) is 67.0 cm³/mol. The molecule has 7 nitrogen and oxygen atoms in total. The van der Waals surface area contributed by atoms with Gasteiger partial charge in [0.2, 0.25) is 0 Å². The van der Waals surface area contributed by atoms with Gasteiger partial charge in [-0.15, -0.1) is 5.10 Å². The zero-order valence-electron chi connectivity index (χ0n) is 10.9. The van der Waals surface area contributed by atoms with Crippen LogP contribution in [0, 0.1) is 11.7 Å². The second-order valence-electron chi connectivity index (χ2n) is 4.41. The number of carboxylic acid groups (broad SMARTS) is 1. The van der Waals surface area contributed by atoms with E-state index in [1.165, 1.54) is 16.9 Å². The third-order valence-corrected chi connectivity index (χ3v) is 3.02. The van der Waals surface area contributed by atoms with Crippen molar-refractivity contribution in [3.63, 3.8) is 0 Å². The molecule has 2 rings (SSSR count). The van der Waals surface area contributed by atoms with Crippen LogP contribution in [0.25, 0.3) is 11.4 Å². The van der Waals surface area contributed by atoms with Crippen LogP contribution in [-0.2, 0) is 11.3 Å². The topological polar surface area (TPSA) is 93.8 Å². The monoisotopic (exact) mass is 279 g/mol. The van der Waals surface area contributed by atoms with E-state index >= 15 is 0 Å². The van der Waals surface area contributed by atoms with Crippen molar-refractivity contribution in [3.8, 4) is 11.4 Å². The Morgan fingerprint density at radius 3 is 3.00 bits per heavy atom. The number of carbonyl (C=O) groups is 1. The Labute approximate surface area is 114 Å². The molecule has 1 atom stereocenters. The molecule has 2 aromatic rings. The van der Waals surface area contributed by atoms with E-state index in [2.05, 4.69) is 20.5 Å². The van der Waals surface area contributed by atoms with Crippen molar-refractivity contribution in [2.45, 2.75) is 26.3 Å². The number of aliphatic carboxylic acids is 1. The highest BCUT2D eigenvalue weighted by atomic mass is 19.1. The highest BCUT2D eigenvalue weighted by Gasteiger charge is 2.18. The lowest BCUT2D eigenvalue weighted by Crippen LogP contribution is -2.16. The summed E-state index contributed by atoms with van der Waals surface area (Å²) in [6.07, 6.45) is 3.23. The van der Waals surface area contributed by atoms with Gasteiger partial charge in [0.25, 0.3) is 0 Å². The Balaban J connectivity index is 2.25. The maximum absolute atomic E-state index is 13.7. The van der Waals surface area contributed by atoms with Gasteiger partial charge in [0.15, 0.2) is 11.6 Å². The third-order valence-electron chi connectivity index (χ3n) is 3.02. The molecule has 106 valence electrons. The SMILES string of the molecule is CCC(CC(=O)O)Cn1nnnc1-c1ccncc1F. The van der Waals surface area contributed by atoms with Crippen molar-refractivity contribution in [2.75, 3.05) is 0 Å². The summed E-state index contributed by atoms with van der Waals surface area (Å²) in [5.41, 5.74) is 0.246. The molecule has 20 heavy (non-hydrogen) atoms. The van der Waals surface area contributed by atoms with Crippen LogP contribution in [0.5, 0.6) is 0 Å². The Morgan fingerprint density at radius 1 is 1.55 bits per heavy atom. The summed E-state index contributed by atoms with van der Waals surface area (Å²) in [5.74, 6) is -1.23. The maximum Gasteiger partial charge on any atom is 0.303 e. The predicted octanol–water partition coefficient (Wildman–Crippen LogP) is 1.38. The highest BCUT2D eigenvalue weighted by Crippen LogP contribution is 2.20. The van der Waals surface area contributed by atoms with Crippen molar-refractivity contribution in [1.29, 1.82) is 0 Å². The van der Waals surface area contributed by atoms with Crippen molar-refractivity contribution in [3.05, 3.63) is 24.3 Å². The molecule has 0 aromatic carbocycles. The number of nitrogens with zero attached hydrogens (tertiary/aromatic N) is 5. The molecule has 0 amide bonds. The molecule has 0 aliphatic rings. The van der Waals surface area contributed by atoms with Gasteiger partial charge in [0.1, 0.15) is 0 Å². The van der Waals surface area contributed by atoms with E-state index in [4.69, 9.17) is 5.11 Å². The molecule has 1 unspecified atom stereocenters. The summed E-state index contributed by atoms with van der Waals surface area (Å²) in [6, 6.07) is 1.48. The van der Waals surface area contributed by atoms with Gasteiger partial charge in [0, 0.05) is 19.2 Å². The highest BCUT2D eigenvalue weighted by molar-refractivity contribution is 5.67. The fraction of sp³-hybridized carbons (Fsp3) is 0.417. The minimum Gasteiger partial charge on any atom is -0.481 e. The second kappa shape index (κ2) is 6.18. The average molecular weight is 279 g/mol. The summed E-state index contributed by atoms with van der Waals surface area (Å²) < 4.78 is 15.1. The third kappa shape index (κ3) is 3.14. The van der Waals surface area contributed by atoms with Crippen molar-refractivity contribution >= 4 is 5.97 Å². The first-order valence-electron chi connectivity index (χ1n) is 6.19. The van der Waals surface area contributed by atoms with Crippen LogP contribution in [0.1, 0.15) is 19.8 Å². The van der Waals surface area contributed by atoms with E-state index in [0.717, 1.165) is 6.20 Å².